The van der Waals surface area contributed by atoms with Crippen LogP contribution in [0.15, 0.2) is 11.4 Å². The molecule has 2 aromatic heterocycles. The van der Waals surface area contributed by atoms with Gasteiger partial charge in [0, 0.05) is 17.3 Å². The molecule has 0 aliphatic heterocycles. The second kappa shape index (κ2) is 8.06. The predicted molar refractivity (Wildman–Crippen MR) is 91.2 cm³/mol. The zero-order valence-electron chi connectivity index (χ0n) is 13.3. The lowest BCUT2D eigenvalue weighted by atomic mass is 10.2. The SMILES string of the molecule is CNC(=O)NC(=O)COC(=O)CSc1ncnc2sc(C)c(C)c12. The van der Waals surface area contributed by atoms with Crippen molar-refractivity contribution in [3.63, 3.8) is 0 Å². The summed E-state index contributed by atoms with van der Waals surface area (Å²) >= 11 is 2.80. The number of hydrogen-bond acceptors (Lipinski definition) is 8. The van der Waals surface area contributed by atoms with Crippen LogP contribution >= 0.6 is 23.1 Å². The molecule has 3 amide bonds. The highest BCUT2D eigenvalue weighted by Gasteiger charge is 2.15. The van der Waals surface area contributed by atoms with Crippen LogP contribution in [0.2, 0.25) is 0 Å². The molecular weight excluding hydrogens is 352 g/mol. The molecule has 128 valence electrons. The molecule has 0 aromatic carbocycles. The highest BCUT2D eigenvalue weighted by molar-refractivity contribution is 8.00. The molecule has 0 spiro atoms. The van der Waals surface area contributed by atoms with E-state index in [4.69, 9.17) is 4.74 Å². The first kappa shape index (κ1) is 18.1. The van der Waals surface area contributed by atoms with E-state index in [9.17, 15) is 14.4 Å². The second-order valence-electron chi connectivity index (χ2n) is 4.72. The number of nitrogens with zero attached hydrogens (tertiary/aromatic N) is 2. The third-order valence-electron chi connectivity index (χ3n) is 3.10. The Balaban J connectivity index is 1.91. The van der Waals surface area contributed by atoms with Gasteiger partial charge in [0.2, 0.25) is 0 Å². The Morgan fingerprint density at radius 1 is 1.29 bits per heavy atom. The van der Waals surface area contributed by atoms with Gasteiger partial charge in [0.05, 0.1) is 5.75 Å². The topological polar surface area (TPSA) is 110 Å². The smallest absolute Gasteiger partial charge is 0.321 e. The number of amides is 3. The fourth-order valence-corrected chi connectivity index (χ4v) is 3.71. The van der Waals surface area contributed by atoms with E-state index in [-0.39, 0.29) is 5.75 Å². The molecule has 2 aromatic rings. The zero-order valence-corrected chi connectivity index (χ0v) is 15.0. The Labute approximate surface area is 146 Å². The van der Waals surface area contributed by atoms with E-state index < -0.39 is 24.5 Å². The molecule has 0 aliphatic carbocycles. The van der Waals surface area contributed by atoms with E-state index >= 15 is 0 Å². The predicted octanol–water partition coefficient (Wildman–Crippen LogP) is 1.40. The summed E-state index contributed by atoms with van der Waals surface area (Å²) in [6.45, 7) is 3.49. The Bertz CT molecular complexity index is 790. The summed E-state index contributed by atoms with van der Waals surface area (Å²) in [5.41, 5.74) is 1.09. The van der Waals surface area contributed by atoms with Crippen molar-refractivity contribution in [1.29, 1.82) is 0 Å². The minimum atomic E-state index is -0.693. The van der Waals surface area contributed by atoms with Crippen molar-refractivity contribution in [1.82, 2.24) is 20.6 Å². The number of aryl methyl sites for hydroxylation is 2. The number of imide groups is 1. The minimum absolute atomic E-state index is 0.00764. The maximum atomic E-state index is 11.7. The average Bonchev–Trinajstić information content (AvgIpc) is 2.86. The van der Waals surface area contributed by atoms with Crippen molar-refractivity contribution in [2.24, 2.45) is 0 Å². The summed E-state index contributed by atoms with van der Waals surface area (Å²) in [7, 11) is 1.38. The molecule has 2 heterocycles. The average molecular weight is 368 g/mol. The number of thiophene rings is 1. The molecular formula is C14H16N4O4S2. The lowest BCUT2D eigenvalue weighted by Crippen LogP contribution is -2.39. The molecule has 0 fully saturated rings. The number of carbonyl (C=O) groups is 3. The molecule has 0 bridgehead atoms. The molecule has 0 radical (unpaired) electrons. The van der Waals surface area contributed by atoms with Gasteiger partial charge in [0.25, 0.3) is 5.91 Å². The monoisotopic (exact) mass is 368 g/mol. The number of urea groups is 1. The van der Waals surface area contributed by atoms with E-state index in [1.165, 1.54) is 25.1 Å². The Morgan fingerprint density at radius 3 is 2.75 bits per heavy atom. The normalized spacial score (nSPS) is 10.5. The van der Waals surface area contributed by atoms with Crippen LogP contribution in [0.4, 0.5) is 4.79 Å². The van der Waals surface area contributed by atoms with Crippen molar-refractivity contribution in [3.05, 3.63) is 16.8 Å². The number of esters is 1. The van der Waals surface area contributed by atoms with Gasteiger partial charge in [-0.1, -0.05) is 11.8 Å². The van der Waals surface area contributed by atoms with Crippen LogP contribution in [0.1, 0.15) is 10.4 Å². The minimum Gasteiger partial charge on any atom is -0.455 e. The largest absolute Gasteiger partial charge is 0.455 e. The quantitative estimate of drug-likeness (QED) is 0.466. The molecule has 0 unspecified atom stereocenters. The van der Waals surface area contributed by atoms with Crippen LogP contribution < -0.4 is 10.6 Å². The molecule has 0 atom stereocenters. The van der Waals surface area contributed by atoms with E-state index in [0.29, 0.717) is 5.03 Å². The summed E-state index contributed by atoms with van der Waals surface area (Å²) in [6.07, 6.45) is 1.46. The molecule has 0 aliphatic rings. The van der Waals surface area contributed by atoms with Gasteiger partial charge >= 0.3 is 12.0 Å². The maximum Gasteiger partial charge on any atom is 0.321 e. The Kier molecular flexibility index (Phi) is 6.10. The van der Waals surface area contributed by atoms with Crippen molar-refractivity contribution in [3.8, 4) is 0 Å². The first-order valence-electron chi connectivity index (χ1n) is 6.93. The molecule has 8 nitrogen and oxygen atoms in total. The number of ether oxygens (including phenoxy) is 1. The molecule has 2 rings (SSSR count). The van der Waals surface area contributed by atoms with E-state index in [1.54, 1.807) is 11.3 Å². The van der Waals surface area contributed by atoms with Gasteiger partial charge in [-0.3, -0.25) is 14.9 Å². The standard InChI is InChI=1S/C14H16N4O4S2/c1-7-8(2)24-13-11(7)12(16-6-17-13)23-5-10(20)22-4-9(19)18-14(21)15-3/h6H,4-5H2,1-3H3,(H2,15,18,19,21). The highest BCUT2D eigenvalue weighted by Crippen LogP contribution is 2.34. The van der Waals surface area contributed by atoms with E-state index in [1.807, 2.05) is 19.2 Å². The van der Waals surface area contributed by atoms with Crippen LogP contribution in [0.25, 0.3) is 10.2 Å². The fourth-order valence-electron chi connectivity index (χ4n) is 1.80. The second-order valence-corrected chi connectivity index (χ2v) is 6.89. The summed E-state index contributed by atoms with van der Waals surface area (Å²) in [5, 5.41) is 5.87. The number of rotatable bonds is 5. The number of carbonyl (C=O) groups excluding carboxylic acids is 3. The van der Waals surface area contributed by atoms with Gasteiger partial charge in [0.1, 0.15) is 16.2 Å². The summed E-state index contributed by atoms with van der Waals surface area (Å²) in [6, 6.07) is -0.655. The van der Waals surface area contributed by atoms with Crippen molar-refractivity contribution >= 4 is 51.2 Å². The molecule has 0 saturated heterocycles. The lowest BCUT2D eigenvalue weighted by molar-refractivity contribution is -0.145. The number of thioether (sulfide) groups is 1. The maximum absolute atomic E-state index is 11.7. The van der Waals surface area contributed by atoms with Crippen LogP contribution in [0.5, 0.6) is 0 Å². The first-order chi connectivity index (χ1) is 11.4. The van der Waals surface area contributed by atoms with Crippen LogP contribution in [-0.2, 0) is 14.3 Å². The third-order valence-corrected chi connectivity index (χ3v) is 5.18. The van der Waals surface area contributed by atoms with Crippen LogP contribution in [-0.4, -0.2) is 47.3 Å². The lowest BCUT2D eigenvalue weighted by Gasteiger charge is -2.06. The van der Waals surface area contributed by atoms with E-state index in [2.05, 4.69) is 15.3 Å². The van der Waals surface area contributed by atoms with E-state index in [0.717, 1.165) is 20.7 Å². The molecule has 0 saturated carbocycles. The Hall–Kier alpha value is -2.20. The van der Waals surface area contributed by atoms with Crippen molar-refractivity contribution in [2.45, 2.75) is 18.9 Å². The van der Waals surface area contributed by atoms with Gasteiger partial charge < -0.3 is 10.1 Å². The first-order valence-corrected chi connectivity index (χ1v) is 8.73. The highest BCUT2D eigenvalue weighted by atomic mass is 32.2. The number of nitrogens with one attached hydrogen (secondary N) is 2. The summed E-state index contributed by atoms with van der Waals surface area (Å²) in [5.74, 6) is -1.25. The third kappa shape index (κ3) is 4.42. The number of fused-ring (bicyclic) bond motifs is 1. The number of aromatic nitrogens is 2. The fraction of sp³-hybridized carbons (Fsp3) is 0.357. The van der Waals surface area contributed by atoms with Gasteiger partial charge in [0.15, 0.2) is 6.61 Å². The van der Waals surface area contributed by atoms with Crippen molar-refractivity contribution < 1.29 is 19.1 Å². The number of hydrogen-bond donors (Lipinski definition) is 2. The Morgan fingerprint density at radius 2 is 2.04 bits per heavy atom. The van der Waals surface area contributed by atoms with Crippen molar-refractivity contribution in [2.75, 3.05) is 19.4 Å². The van der Waals surface area contributed by atoms with Gasteiger partial charge in [-0.05, 0) is 19.4 Å². The summed E-state index contributed by atoms with van der Waals surface area (Å²) in [4.78, 5) is 44.5. The van der Waals surface area contributed by atoms with Gasteiger partial charge in [-0.15, -0.1) is 11.3 Å². The molecule has 10 heteroatoms. The van der Waals surface area contributed by atoms with Gasteiger partial charge in [-0.25, -0.2) is 14.8 Å². The zero-order chi connectivity index (χ0) is 17.7. The van der Waals surface area contributed by atoms with Crippen LogP contribution in [0, 0.1) is 13.8 Å². The molecule has 24 heavy (non-hydrogen) atoms. The summed E-state index contributed by atoms with van der Waals surface area (Å²) < 4.78 is 4.83. The molecule has 2 N–H and O–H groups in total. The van der Waals surface area contributed by atoms with Gasteiger partial charge in [-0.2, -0.15) is 0 Å². The van der Waals surface area contributed by atoms with Crippen LogP contribution in [0.3, 0.4) is 0 Å².